The van der Waals surface area contributed by atoms with Crippen LogP contribution >= 0.6 is 23.8 Å². The lowest BCUT2D eigenvalue weighted by atomic mass is 9.75. The van der Waals surface area contributed by atoms with E-state index in [-0.39, 0.29) is 5.15 Å². The van der Waals surface area contributed by atoms with Crippen molar-refractivity contribution in [3.05, 3.63) is 52.8 Å². The van der Waals surface area contributed by atoms with Crippen LogP contribution < -0.4 is 10.2 Å². The number of thiocarbonyl (C=S) groups is 1. The molecule has 2 heterocycles. The Morgan fingerprint density at radius 2 is 1.87 bits per heavy atom. The lowest BCUT2D eigenvalue weighted by Gasteiger charge is -2.43. The van der Waals surface area contributed by atoms with Crippen LogP contribution in [0.1, 0.15) is 43.2 Å². The molecule has 4 rings (SSSR count). The third kappa shape index (κ3) is 4.72. The number of anilines is 2. The molecule has 1 aliphatic heterocycles. The van der Waals surface area contributed by atoms with E-state index in [0.717, 1.165) is 43.2 Å². The average molecular weight is 454 g/mol. The number of fused-ring (bicyclic) bond motifs is 1. The first-order chi connectivity index (χ1) is 14.3. The third-order valence-corrected chi connectivity index (χ3v) is 6.74. The minimum atomic E-state index is -4.42. The molecule has 1 aliphatic carbocycles. The maximum atomic E-state index is 13.4. The fourth-order valence-electron chi connectivity index (χ4n) is 4.65. The smallest absolute Gasteiger partial charge is 0.370 e. The third-order valence-electron chi connectivity index (χ3n) is 6.19. The fraction of sp³-hybridized carbons (Fsp3) is 0.455. The second kappa shape index (κ2) is 8.71. The summed E-state index contributed by atoms with van der Waals surface area (Å²) in [4.78, 5) is 6.44. The molecule has 0 amide bonds. The van der Waals surface area contributed by atoms with Gasteiger partial charge < -0.3 is 10.2 Å². The van der Waals surface area contributed by atoms with E-state index < -0.39 is 11.7 Å². The summed E-state index contributed by atoms with van der Waals surface area (Å²) in [5.74, 6) is 1.34. The minimum absolute atomic E-state index is 0.278. The molecular formula is C22H23ClF3N3S. The van der Waals surface area contributed by atoms with Crippen molar-refractivity contribution in [2.75, 3.05) is 23.3 Å². The average Bonchev–Trinajstić information content (AvgIpc) is 2.72. The Labute approximate surface area is 184 Å². The summed E-state index contributed by atoms with van der Waals surface area (Å²) >= 11 is 11.4. The molecule has 1 saturated carbocycles. The Bertz CT molecular complexity index is 934. The predicted octanol–water partition coefficient (Wildman–Crippen LogP) is 6.56. The summed E-state index contributed by atoms with van der Waals surface area (Å²) in [6.45, 7) is 1.72. The molecular weight excluding hydrogens is 431 g/mol. The van der Waals surface area contributed by atoms with Gasteiger partial charge in [0.1, 0.15) is 10.1 Å². The molecule has 1 N–H and O–H groups in total. The molecule has 8 heteroatoms. The van der Waals surface area contributed by atoms with Gasteiger partial charge in [-0.25, -0.2) is 4.98 Å². The molecule has 3 nitrogen and oxygen atoms in total. The highest BCUT2D eigenvalue weighted by Gasteiger charge is 2.34. The van der Waals surface area contributed by atoms with Gasteiger partial charge in [0.05, 0.1) is 16.9 Å². The first-order valence-electron chi connectivity index (χ1n) is 10.2. The lowest BCUT2D eigenvalue weighted by molar-refractivity contribution is -0.137. The summed E-state index contributed by atoms with van der Waals surface area (Å²) in [7, 11) is 0. The van der Waals surface area contributed by atoms with Crippen molar-refractivity contribution in [3.8, 4) is 0 Å². The molecule has 1 aromatic heterocycles. The number of rotatable bonds is 3. The fourth-order valence-corrected chi connectivity index (χ4v) is 5.06. The number of hydrogen-bond donors (Lipinski definition) is 1. The van der Waals surface area contributed by atoms with Crippen LogP contribution in [-0.4, -0.2) is 23.1 Å². The van der Waals surface area contributed by atoms with E-state index in [1.165, 1.54) is 31.9 Å². The van der Waals surface area contributed by atoms with Crippen molar-refractivity contribution in [1.29, 1.82) is 0 Å². The van der Waals surface area contributed by atoms with Crippen molar-refractivity contribution in [2.45, 2.75) is 38.3 Å². The maximum absolute atomic E-state index is 13.4. The van der Waals surface area contributed by atoms with Crippen molar-refractivity contribution in [2.24, 2.45) is 11.8 Å². The van der Waals surface area contributed by atoms with Crippen LogP contribution in [-0.2, 0) is 6.18 Å². The normalized spacial score (nSPS) is 21.8. The number of alkyl halides is 3. The van der Waals surface area contributed by atoms with Crippen LogP contribution in [0.2, 0.25) is 5.15 Å². The van der Waals surface area contributed by atoms with E-state index in [1.54, 1.807) is 18.2 Å². The zero-order valence-corrected chi connectivity index (χ0v) is 18.0. The monoisotopic (exact) mass is 453 g/mol. The number of pyridine rings is 1. The summed E-state index contributed by atoms with van der Waals surface area (Å²) in [6, 6.07) is 7.15. The molecule has 2 atom stereocenters. The molecule has 0 spiro atoms. The highest BCUT2D eigenvalue weighted by atomic mass is 35.5. The van der Waals surface area contributed by atoms with Crippen LogP contribution in [0.25, 0.3) is 0 Å². The van der Waals surface area contributed by atoms with Gasteiger partial charge in [0.25, 0.3) is 0 Å². The molecule has 0 radical (unpaired) electrons. The molecule has 160 valence electrons. The van der Waals surface area contributed by atoms with E-state index in [2.05, 4.69) is 15.2 Å². The van der Waals surface area contributed by atoms with E-state index in [0.29, 0.717) is 22.2 Å². The second-order valence-electron chi connectivity index (χ2n) is 8.09. The summed E-state index contributed by atoms with van der Waals surface area (Å²) in [6.07, 6.45) is 3.16. The topological polar surface area (TPSA) is 28.2 Å². The maximum Gasteiger partial charge on any atom is 0.416 e. The Balaban J connectivity index is 1.63. The van der Waals surface area contributed by atoms with Crippen LogP contribution in [0.4, 0.5) is 24.5 Å². The molecule has 2 aromatic rings. The Hall–Kier alpha value is -1.86. The van der Waals surface area contributed by atoms with E-state index in [1.807, 2.05) is 0 Å². The zero-order valence-electron chi connectivity index (χ0n) is 16.4. The Kier molecular flexibility index (Phi) is 6.21. The van der Waals surface area contributed by atoms with Gasteiger partial charge in [-0.1, -0.05) is 43.1 Å². The summed E-state index contributed by atoms with van der Waals surface area (Å²) in [5, 5.41) is 3.32. The van der Waals surface area contributed by atoms with Crippen LogP contribution in [0.15, 0.2) is 36.5 Å². The number of benzene rings is 1. The highest BCUT2D eigenvalue weighted by Crippen LogP contribution is 2.41. The summed E-state index contributed by atoms with van der Waals surface area (Å²) < 4.78 is 40.1. The number of halogens is 4. The van der Waals surface area contributed by atoms with Gasteiger partial charge in [0.2, 0.25) is 0 Å². The second-order valence-corrected chi connectivity index (χ2v) is 8.89. The quantitative estimate of drug-likeness (QED) is 0.421. The number of piperidine rings is 1. The van der Waals surface area contributed by atoms with Gasteiger partial charge in [0.15, 0.2) is 0 Å². The molecule has 0 unspecified atom stereocenters. The van der Waals surface area contributed by atoms with Gasteiger partial charge in [0, 0.05) is 24.8 Å². The highest BCUT2D eigenvalue weighted by molar-refractivity contribution is 7.81. The van der Waals surface area contributed by atoms with Gasteiger partial charge in [-0.2, -0.15) is 13.2 Å². The van der Waals surface area contributed by atoms with Gasteiger partial charge in [-0.15, -0.1) is 0 Å². The standard InChI is InChI=1S/C22H23ClF3N3S/c23-20-11-15(7-9-27-20)21(30)28-18-12-17(22(24,25)26)5-6-19(18)29-10-8-14-3-1-2-4-16(14)13-29/h5-7,9,11-12,14,16H,1-4,8,10,13H2,(H,28,30)/t14-,16-/m0/s1. The minimum Gasteiger partial charge on any atom is -0.370 e. The number of nitrogens with one attached hydrogen (secondary N) is 1. The van der Waals surface area contributed by atoms with E-state index >= 15 is 0 Å². The largest absolute Gasteiger partial charge is 0.416 e. The first-order valence-corrected chi connectivity index (χ1v) is 11.0. The lowest BCUT2D eigenvalue weighted by Crippen LogP contribution is -2.42. The van der Waals surface area contributed by atoms with E-state index in [4.69, 9.17) is 23.8 Å². The van der Waals surface area contributed by atoms with Gasteiger partial charge in [-0.05, 0) is 55.0 Å². The van der Waals surface area contributed by atoms with Crippen LogP contribution in [0.3, 0.4) is 0 Å². The molecule has 1 saturated heterocycles. The van der Waals surface area contributed by atoms with Crippen molar-refractivity contribution in [3.63, 3.8) is 0 Å². The molecule has 30 heavy (non-hydrogen) atoms. The summed E-state index contributed by atoms with van der Waals surface area (Å²) in [5.41, 5.74) is 1.04. The molecule has 2 aliphatic rings. The molecule has 0 bridgehead atoms. The Morgan fingerprint density at radius 3 is 2.60 bits per heavy atom. The van der Waals surface area contributed by atoms with Gasteiger partial charge >= 0.3 is 6.18 Å². The SMILES string of the molecule is FC(F)(F)c1ccc(N2CC[C@@H]3CCCC[C@H]3C2)c(NC(=S)c2ccnc(Cl)c2)c1. The number of hydrogen-bond acceptors (Lipinski definition) is 3. The van der Waals surface area contributed by atoms with Crippen LogP contribution in [0.5, 0.6) is 0 Å². The van der Waals surface area contributed by atoms with Gasteiger partial charge in [-0.3, -0.25) is 0 Å². The van der Waals surface area contributed by atoms with Crippen molar-refractivity contribution in [1.82, 2.24) is 4.98 Å². The zero-order chi connectivity index (χ0) is 21.3. The van der Waals surface area contributed by atoms with Crippen LogP contribution in [0, 0.1) is 11.8 Å². The molecule has 1 aromatic carbocycles. The predicted molar refractivity (Wildman–Crippen MR) is 118 cm³/mol. The van der Waals surface area contributed by atoms with Crippen molar-refractivity contribution < 1.29 is 13.2 Å². The number of nitrogens with zero attached hydrogens (tertiary/aromatic N) is 2. The number of aromatic nitrogens is 1. The van der Waals surface area contributed by atoms with E-state index in [9.17, 15) is 13.2 Å². The van der Waals surface area contributed by atoms with Crippen molar-refractivity contribution >= 4 is 40.2 Å². The first kappa shape index (κ1) is 21.4. The molecule has 2 fully saturated rings. The Morgan fingerprint density at radius 1 is 1.10 bits per heavy atom.